The van der Waals surface area contributed by atoms with Gasteiger partial charge in [0.15, 0.2) is 37.0 Å². The van der Waals surface area contributed by atoms with Crippen LogP contribution in [-0.4, -0.2) is 236 Å². The lowest BCUT2D eigenvalue weighted by molar-refractivity contribution is -0.277. The molecular formula is C67H112N6O26. The van der Waals surface area contributed by atoms with Gasteiger partial charge in [-0.2, -0.15) is 0 Å². The fraction of sp³-hybridized carbons (Fsp3) is 0.821. The second-order valence-electron chi connectivity index (χ2n) is 24.7. The Bertz CT molecular complexity index is 2480. The Morgan fingerprint density at radius 3 is 1.12 bits per heavy atom. The van der Waals surface area contributed by atoms with Crippen molar-refractivity contribution < 1.29 is 124 Å². The lowest BCUT2D eigenvalue weighted by Crippen LogP contribution is -2.66. The fourth-order valence-corrected chi connectivity index (χ4v) is 11.5. The van der Waals surface area contributed by atoms with Crippen molar-refractivity contribution in [3.8, 4) is 0 Å². The molecule has 0 radical (unpaired) electrons. The number of aliphatic hydroxyl groups excluding tert-OH is 1. The molecule has 3 aliphatic rings. The van der Waals surface area contributed by atoms with Crippen molar-refractivity contribution in [2.24, 2.45) is 5.92 Å². The van der Waals surface area contributed by atoms with Gasteiger partial charge in [-0.15, -0.1) is 0 Å². The van der Waals surface area contributed by atoms with E-state index in [4.69, 9.17) is 66.7 Å². The van der Waals surface area contributed by atoms with E-state index in [1.807, 2.05) is 0 Å². The molecule has 0 aromatic heterocycles. The summed E-state index contributed by atoms with van der Waals surface area (Å²) < 4.78 is 75.0. The molecule has 566 valence electrons. The van der Waals surface area contributed by atoms with Crippen LogP contribution < -0.4 is 31.9 Å². The first-order valence-electron chi connectivity index (χ1n) is 34.9. The molecule has 0 spiro atoms. The maximum absolute atomic E-state index is 12.9. The third-order valence-corrected chi connectivity index (χ3v) is 16.1. The number of nitrogens with one attached hydrogen (secondary N) is 6. The number of ether oxygens (including phenoxy) is 13. The normalized spacial score (nSPS) is 23.4. The molecule has 0 bridgehead atoms. The molecule has 13 atom stereocenters. The minimum absolute atomic E-state index is 0.0565. The van der Waals surface area contributed by atoms with Crippen molar-refractivity contribution >= 4 is 71.3 Å². The fourth-order valence-electron chi connectivity index (χ4n) is 11.5. The lowest BCUT2D eigenvalue weighted by Gasteiger charge is -2.44. The number of amides is 6. The number of carbonyl (C=O) groups excluding carboxylic acids is 12. The molecule has 32 heteroatoms. The summed E-state index contributed by atoms with van der Waals surface area (Å²) in [5.74, 6) is -6.21. The van der Waals surface area contributed by atoms with E-state index in [1.165, 1.54) is 27.7 Å². The number of hydrogen-bond donors (Lipinski definition) is 7. The molecule has 6 amide bonds. The monoisotopic (exact) mass is 1420 g/mol. The minimum Gasteiger partial charge on any atom is -0.463 e. The SMILES string of the molecule is CC(=O)NC1C(OCCCCC(=O)NCCCNC(=O)CCOCC2C(OCCCCCCCCCCO)CCCC2OCCC(=O)NCCCNC(=O)CCCCOC2OC(COC(C)=O)C(OC(C)=O)C(OC(C)=O)C2NC(C)=O)OC(COC(C)=O)C(OC(C)=O)C1OC(C)=O. The Morgan fingerprint density at radius 1 is 0.374 bits per heavy atom. The zero-order valence-corrected chi connectivity index (χ0v) is 59.2. The van der Waals surface area contributed by atoms with Gasteiger partial charge in [-0.05, 0) is 70.6 Å². The van der Waals surface area contributed by atoms with Crippen LogP contribution in [-0.2, 0) is 119 Å². The summed E-state index contributed by atoms with van der Waals surface area (Å²) in [6, 6.07) is -2.22. The van der Waals surface area contributed by atoms with Gasteiger partial charge in [0.25, 0.3) is 0 Å². The zero-order valence-electron chi connectivity index (χ0n) is 59.2. The number of hydrogen-bond acceptors (Lipinski definition) is 26. The number of carbonyl (C=O) groups is 12. The van der Waals surface area contributed by atoms with E-state index in [-0.39, 0.29) is 120 Å². The third kappa shape index (κ3) is 38.1. The molecule has 1 saturated carbocycles. The molecule has 1 aliphatic carbocycles. The first-order chi connectivity index (χ1) is 47.4. The quantitative estimate of drug-likeness (QED) is 0.0261. The highest BCUT2D eigenvalue weighted by atomic mass is 16.7. The molecule has 7 N–H and O–H groups in total. The van der Waals surface area contributed by atoms with E-state index in [0.717, 1.165) is 98.3 Å². The van der Waals surface area contributed by atoms with E-state index in [2.05, 4.69) is 31.9 Å². The third-order valence-electron chi connectivity index (χ3n) is 16.1. The van der Waals surface area contributed by atoms with Crippen molar-refractivity contribution in [2.45, 2.75) is 264 Å². The van der Waals surface area contributed by atoms with Crippen molar-refractivity contribution in [3.63, 3.8) is 0 Å². The highest BCUT2D eigenvalue weighted by Gasteiger charge is 2.53. The summed E-state index contributed by atoms with van der Waals surface area (Å²) in [5, 5.41) is 25.8. The van der Waals surface area contributed by atoms with E-state index < -0.39 is 109 Å². The molecule has 2 saturated heterocycles. The summed E-state index contributed by atoms with van der Waals surface area (Å²) in [5.41, 5.74) is 0. The summed E-state index contributed by atoms with van der Waals surface area (Å²) in [6.45, 7) is 11.5. The summed E-state index contributed by atoms with van der Waals surface area (Å²) in [7, 11) is 0. The predicted octanol–water partition coefficient (Wildman–Crippen LogP) is 2.40. The van der Waals surface area contributed by atoms with Crippen LogP contribution in [0.5, 0.6) is 0 Å². The largest absolute Gasteiger partial charge is 0.463 e. The van der Waals surface area contributed by atoms with Gasteiger partial charge < -0.3 is 98.6 Å². The van der Waals surface area contributed by atoms with Crippen LogP contribution in [0, 0.1) is 5.92 Å². The first kappa shape index (κ1) is 86.5. The summed E-state index contributed by atoms with van der Waals surface area (Å²) in [4.78, 5) is 147. The summed E-state index contributed by atoms with van der Waals surface area (Å²) in [6.07, 6.45) is 3.77. The zero-order chi connectivity index (χ0) is 72.9. The molecule has 13 unspecified atom stereocenters. The average Bonchev–Trinajstić information content (AvgIpc) is 0.798. The number of rotatable bonds is 50. The van der Waals surface area contributed by atoms with Gasteiger partial charge in [-0.3, -0.25) is 57.5 Å². The maximum atomic E-state index is 12.9. The predicted molar refractivity (Wildman–Crippen MR) is 350 cm³/mol. The van der Waals surface area contributed by atoms with E-state index >= 15 is 0 Å². The molecule has 3 rings (SSSR count). The van der Waals surface area contributed by atoms with Crippen molar-refractivity contribution in [1.82, 2.24) is 31.9 Å². The maximum Gasteiger partial charge on any atom is 0.303 e. The Morgan fingerprint density at radius 2 is 0.727 bits per heavy atom. The van der Waals surface area contributed by atoms with Crippen LogP contribution in [0.4, 0.5) is 0 Å². The molecule has 99 heavy (non-hydrogen) atoms. The van der Waals surface area contributed by atoms with E-state index in [0.29, 0.717) is 71.3 Å². The van der Waals surface area contributed by atoms with Gasteiger partial charge in [-0.1, -0.05) is 38.5 Å². The van der Waals surface area contributed by atoms with E-state index in [9.17, 15) is 57.5 Å². The van der Waals surface area contributed by atoms with Crippen LogP contribution >= 0.6 is 0 Å². The average molecular weight is 1420 g/mol. The van der Waals surface area contributed by atoms with Gasteiger partial charge in [-0.25, -0.2) is 0 Å². The molecule has 0 aromatic rings. The second kappa shape index (κ2) is 50.6. The second-order valence-corrected chi connectivity index (χ2v) is 24.7. The van der Waals surface area contributed by atoms with Crippen LogP contribution in [0.15, 0.2) is 0 Å². The summed E-state index contributed by atoms with van der Waals surface area (Å²) >= 11 is 0. The van der Waals surface area contributed by atoms with Gasteiger partial charge in [0.1, 0.15) is 37.5 Å². The Kier molecular flexibility index (Phi) is 44.2. The van der Waals surface area contributed by atoms with Crippen LogP contribution in [0.3, 0.4) is 0 Å². The van der Waals surface area contributed by atoms with Gasteiger partial charge >= 0.3 is 35.8 Å². The Balaban J connectivity index is 1.39. The van der Waals surface area contributed by atoms with Crippen molar-refractivity contribution in [3.05, 3.63) is 0 Å². The topological polar surface area (TPSA) is 417 Å². The van der Waals surface area contributed by atoms with Crippen LogP contribution in [0.2, 0.25) is 0 Å². The lowest BCUT2D eigenvalue weighted by atomic mass is 9.84. The van der Waals surface area contributed by atoms with Crippen LogP contribution in [0.1, 0.15) is 190 Å². The highest BCUT2D eigenvalue weighted by Crippen LogP contribution is 2.32. The molecular weight excluding hydrogens is 1300 g/mol. The molecule has 2 aliphatic heterocycles. The number of esters is 6. The number of aliphatic hydroxyl groups is 1. The number of unbranched alkanes of at least 4 members (excludes halogenated alkanes) is 9. The van der Waals surface area contributed by atoms with Gasteiger partial charge in [0, 0.05) is 140 Å². The van der Waals surface area contributed by atoms with Crippen molar-refractivity contribution in [2.75, 3.05) is 85.6 Å². The van der Waals surface area contributed by atoms with E-state index in [1.54, 1.807) is 0 Å². The minimum atomic E-state index is -1.26. The Labute approximate surface area is 580 Å². The Hall–Kier alpha value is -6.68. The van der Waals surface area contributed by atoms with Gasteiger partial charge in [0.05, 0.1) is 32.0 Å². The van der Waals surface area contributed by atoms with Crippen LogP contribution in [0.25, 0.3) is 0 Å². The molecule has 0 aromatic carbocycles. The molecule has 3 fully saturated rings. The smallest absolute Gasteiger partial charge is 0.303 e. The van der Waals surface area contributed by atoms with Gasteiger partial charge in [0.2, 0.25) is 35.4 Å². The van der Waals surface area contributed by atoms with Crippen molar-refractivity contribution in [1.29, 1.82) is 0 Å². The first-order valence-corrected chi connectivity index (χ1v) is 34.9. The molecule has 2 heterocycles. The standard InChI is InChI=1S/C67H112N6O26/c1-43(75)72-60-64(96-49(7)81)62(94-47(5)79)54(41-92-45(3)77)98-66(60)90-36-19-15-26-56(83)68-30-22-32-70-58(85)28-38-87-40-51-52(88-35-18-14-12-10-9-11-13-17-34-74)24-21-25-53(51)89-39-29-59(86)71-33-23-31-69-57(84)27-16-20-37-91-67-61(73-44(2)76)65(97-50(8)82)63(95-48(6)80)55(99-67)42-93-46(4)78/h51-55,60-67,74H,9-42H2,1-8H3,(H,68,83)(H,69,84)(H,70,85)(H,71,86)(H,72,75)(H,73,76). The highest BCUT2D eigenvalue weighted by molar-refractivity contribution is 5.78. The molecule has 32 nitrogen and oxygen atoms in total.